The molecule has 1 N–H and O–H groups in total. The minimum atomic E-state index is -0.939. The third-order valence-electron chi connectivity index (χ3n) is 5.90. The number of benzene rings is 1. The van der Waals surface area contributed by atoms with E-state index in [4.69, 9.17) is 19.3 Å². The molecule has 2 aliphatic rings. The smallest absolute Gasteiger partial charge is 0.407 e. The highest BCUT2D eigenvalue weighted by atomic mass is 19.1. The quantitative estimate of drug-likeness (QED) is 0.680. The second-order valence-electron chi connectivity index (χ2n) is 8.23. The van der Waals surface area contributed by atoms with Crippen LogP contribution in [-0.4, -0.2) is 82.4 Å². The number of ether oxygens (including phenoxy) is 3. The van der Waals surface area contributed by atoms with Gasteiger partial charge in [0.25, 0.3) is 0 Å². The molecule has 0 radical (unpaired) electrons. The number of carboxylic acid groups (broad SMARTS) is 1. The third kappa shape index (κ3) is 5.71. The first-order valence-electron chi connectivity index (χ1n) is 11.2. The molecule has 2 fully saturated rings. The molecule has 4 rings (SSSR count). The normalized spacial score (nSPS) is 16.9. The van der Waals surface area contributed by atoms with Crippen LogP contribution < -0.4 is 9.47 Å². The van der Waals surface area contributed by atoms with Gasteiger partial charge in [-0.15, -0.1) is 0 Å². The van der Waals surface area contributed by atoms with E-state index >= 15 is 0 Å². The van der Waals surface area contributed by atoms with Crippen molar-refractivity contribution in [1.82, 2.24) is 19.8 Å². The Morgan fingerprint density at radius 1 is 1.12 bits per heavy atom. The van der Waals surface area contributed by atoms with Crippen molar-refractivity contribution < 1.29 is 33.3 Å². The second-order valence-corrected chi connectivity index (χ2v) is 8.23. The van der Waals surface area contributed by atoms with Gasteiger partial charge in [0.2, 0.25) is 17.7 Å². The Morgan fingerprint density at radius 3 is 2.50 bits per heavy atom. The van der Waals surface area contributed by atoms with E-state index in [1.807, 2.05) is 0 Å². The Hall–Kier alpha value is -3.47. The Labute approximate surface area is 196 Å². The van der Waals surface area contributed by atoms with Crippen molar-refractivity contribution in [3.63, 3.8) is 0 Å². The molecule has 3 heterocycles. The lowest BCUT2D eigenvalue weighted by Crippen LogP contribution is -2.41. The van der Waals surface area contributed by atoms with Gasteiger partial charge < -0.3 is 29.1 Å². The molecule has 0 bridgehead atoms. The van der Waals surface area contributed by atoms with Crippen LogP contribution in [0.1, 0.15) is 24.0 Å². The van der Waals surface area contributed by atoms with Crippen LogP contribution in [0.2, 0.25) is 0 Å². The molecule has 0 saturated carbocycles. The standard InChI is InChI=1S/C23H27FN4O6/c1-15-21(33-17-4-6-28(7-5-17)23(30)31)25-14-26-22(15)34-19-3-2-16(12-18(19)24)13-20(29)27-8-10-32-11-9-27/h2-3,12,14,17H,4-11,13H2,1H3,(H,30,31). The lowest BCUT2D eigenvalue weighted by Gasteiger charge is -2.30. The van der Waals surface area contributed by atoms with E-state index in [0.29, 0.717) is 69.2 Å². The number of likely N-dealkylation sites (tertiary alicyclic amines) is 1. The van der Waals surface area contributed by atoms with Gasteiger partial charge in [-0.05, 0) is 24.6 Å². The summed E-state index contributed by atoms with van der Waals surface area (Å²) in [6.07, 6.45) is 1.35. The molecule has 2 amide bonds. The SMILES string of the molecule is Cc1c(Oc2ccc(CC(=O)N3CCOCC3)cc2F)ncnc1OC1CCN(C(=O)O)CC1. The maximum Gasteiger partial charge on any atom is 0.407 e. The highest BCUT2D eigenvalue weighted by Gasteiger charge is 2.25. The molecule has 0 aliphatic carbocycles. The molecule has 2 aromatic rings. The second kappa shape index (κ2) is 10.6. The number of hydrogen-bond acceptors (Lipinski definition) is 7. The minimum absolute atomic E-state index is 0.0231. The zero-order chi connectivity index (χ0) is 24.1. The van der Waals surface area contributed by atoms with E-state index in [9.17, 15) is 14.0 Å². The maximum absolute atomic E-state index is 14.7. The van der Waals surface area contributed by atoms with Crippen molar-refractivity contribution in [2.75, 3.05) is 39.4 Å². The zero-order valence-electron chi connectivity index (χ0n) is 18.9. The number of carbonyl (C=O) groups is 2. The summed E-state index contributed by atoms with van der Waals surface area (Å²) in [4.78, 5) is 34.8. The van der Waals surface area contributed by atoms with Crippen LogP contribution in [0, 0.1) is 12.7 Å². The van der Waals surface area contributed by atoms with Crippen LogP contribution in [0.25, 0.3) is 0 Å². The van der Waals surface area contributed by atoms with E-state index in [1.54, 1.807) is 17.9 Å². The molecule has 2 saturated heterocycles. The Balaban J connectivity index is 1.38. The van der Waals surface area contributed by atoms with E-state index in [2.05, 4.69) is 9.97 Å². The fourth-order valence-corrected chi connectivity index (χ4v) is 3.90. The lowest BCUT2D eigenvalue weighted by molar-refractivity contribution is -0.134. The van der Waals surface area contributed by atoms with Crippen molar-refractivity contribution in [1.29, 1.82) is 0 Å². The summed E-state index contributed by atoms with van der Waals surface area (Å²) in [5.41, 5.74) is 1.06. The summed E-state index contributed by atoms with van der Waals surface area (Å²) in [7, 11) is 0. The fourth-order valence-electron chi connectivity index (χ4n) is 3.90. The number of aromatic nitrogens is 2. The molecular weight excluding hydrogens is 447 g/mol. The van der Waals surface area contributed by atoms with Gasteiger partial charge in [-0.2, -0.15) is 0 Å². The lowest BCUT2D eigenvalue weighted by atomic mass is 10.1. The highest BCUT2D eigenvalue weighted by molar-refractivity contribution is 5.79. The number of amides is 2. The van der Waals surface area contributed by atoms with Crippen LogP contribution in [0.4, 0.5) is 9.18 Å². The van der Waals surface area contributed by atoms with Crippen molar-refractivity contribution in [2.24, 2.45) is 0 Å². The van der Waals surface area contributed by atoms with E-state index in [0.717, 1.165) is 0 Å². The molecule has 11 heteroatoms. The van der Waals surface area contributed by atoms with Crippen molar-refractivity contribution in [3.05, 3.63) is 41.5 Å². The number of hydrogen-bond donors (Lipinski definition) is 1. The van der Waals surface area contributed by atoms with E-state index in [-0.39, 0.29) is 30.1 Å². The topological polar surface area (TPSA) is 114 Å². The van der Waals surface area contributed by atoms with Gasteiger partial charge in [0.15, 0.2) is 11.6 Å². The van der Waals surface area contributed by atoms with Gasteiger partial charge in [0.1, 0.15) is 12.4 Å². The van der Waals surface area contributed by atoms with Crippen LogP contribution in [0.5, 0.6) is 17.5 Å². The number of piperidine rings is 1. The molecule has 34 heavy (non-hydrogen) atoms. The van der Waals surface area contributed by atoms with Gasteiger partial charge in [0, 0.05) is 39.0 Å². The number of morpholine rings is 1. The average molecular weight is 474 g/mol. The summed E-state index contributed by atoms with van der Waals surface area (Å²) < 4.78 is 31.6. The molecule has 0 spiro atoms. The summed E-state index contributed by atoms with van der Waals surface area (Å²) in [6, 6.07) is 4.42. The van der Waals surface area contributed by atoms with Crippen molar-refractivity contribution in [2.45, 2.75) is 32.3 Å². The number of rotatable bonds is 6. The van der Waals surface area contributed by atoms with Crippen LogP contribution in [0.3, 0.4) is 0 Å². The van der Waals surface area contributed by atoms with Crippen molar-refractivity contribution in [3.8, 4) is 17.5 Å². The van der Waals surface area contributed by atoms with E-state index < -0.39 is 11.9 Å². The number of halogens is 1. The maximum atomic E-state index is 14.7. The number of carbonyl (C=O) groups excluding carboxylic acids is 1. The van der Waals surface area contributed by atoms with E-state index in [1.165, 1.54) is 23.4 Å². The molecule has 2 aliphatic heterocycles. The summed E-state index contributed by atoms with van der Waals surface area (Å²) in [6.45, 7) is 4.59. The Kier molecular flexibility index (Phi) is 7.41. The molecule has 10 nitrogen and oxygen atoms in total. The zero-order valence-corrected chi connectivity index (χ0v) is 18.9. The molecule has 1 aromatic heterocycles. The largest absolute Gasteiger partial charge is 0.474 e. The minimum Gasteiger partial charge on any atom is -0.474 e. The fraction of sp³-hybridized carbons (Fsp3) is 0.478. The van der Waals surface area contributed by atoms with Gasteiger partial charge in [-0.3, -0.25) is 4.79 Å². The van der Waals surface area contributed by atoms with Crippen molar-refractivity contribution >= 4 is 12.0 Å². The first-order valence-corrected chi connectivity index (χ1v) is 11.2. The molecule has 182 valence electrons. The first-order chi connectivity index (χ1) is 16.4. The molecule has 0 unspecified atom stereocenters. The van der Waals surface area contributed by atoms with Crippen LogP contribution in [-0.2, 0) is 16.0 Å². The highest BCUT2D eigenvalue weighted by Crippen LogP contribution is 2.30. The van der Waals surface area contributed by atoms with Gasteiger partial charge in [-0.25, -0.2) is 19.2 Å². The summed E-state index contributed by atoms with van der Waals surface area (Å²) >= 11 is 0. The monoisotopic (exact) mass is 474 g/mol. The predicted octanol–water partition coefficient (Wildman–Crippen LogP) is 2.64. The molecule has 1 aromatic carbocycles. The molecule has 0 atom stereocenters. The summed E-state index contributed by atoms with van der Waals surface area (Å²) in [5.74, 6) is -0.228. The number of nitrogens with zero attached hydrogens (tertiary/aromatic N) is 4. The Morgan fingerprint density at radius 2 is 1.82 bits per heavy atom. The van der Waals surface area contributed by atoms with Gasteiger partial charge >= 0.3 is 6.09 Å². The molecular formula is C23H27FN4O6. The first kappa shape index (κ1) is 23.7. The predicted molar refractivity (Wildman–Crippen MR) is 118 cm³/mol. The Bertz CT molecular complexity index is 1040. The third-order valence-corrected chi connectivity index (χ3v) is 5.90. The summed E-state index contributed by atoms with van der Waals surface area (Å²) in [5, 5.41) is 9.07. The van der Waals surface area contributed by atoms with Gasteiger partial charge in [0.05, 0.1) is 25.2 Å². The average Bonchev–Trinajstić information content (AvgIpc) is 2.84. The van der Waals surface area contributed by atoms with Gasteiger partial charge in [-0.1, -0.05) is 6.07 Å². The van der Waals surface area contributed by atoms with Crippen LogP contribution >= 0.6 is 0 Å². The van der Waals surface area contributed by atoms with Crippen LogP contribution in [0.15, 0.2) is 24.5 Å².